The molecule has 0 aliphatic carbocycles. The van der Waals surface area contributed by atoms with E-state index in [0.29, 0.717) is 27.3 Å². The van der Waals surface area contributed by atoms with E-state index in [-0.39, 0.29) is 0 Å². The van der Waals surface area contributed by atoms with E-state index in [1.807, 2.05) is 97.1 Å². The molecule has 1 aliphatic heterocycles. The Kier molecular flexibility index (Phi) is 8.01. The quantitative estimate of drug-likeness (QED) is 0.170. The van der Waals surface area contributed by atoms with Crippen molar-refractivity contribution in [2.24, 2.45) is 0 Å². The van der Waals surface area contributed by atoms with Gasteiger partial charge in [-0.1, -0.05) is 176 Å². The van der Waals surface area contributed by atoms with E-state index < -0.39 is 15.3 Å². The van der Waals surface area contributed by atoms with E-state index in [0.717, 1.165) is 60.8 Å². The Morgan fingerprint density at radius 1 is 0.339 bits per heavy atom. The van der Waals surface area contributed by atoms with Crippen molar-refractivity contribution in [2.45, 2.75) is 15.2 Å². The third kappa shape index (κ3) is 5.45. The van der Waals surface area contributed by atoms with Crippen LogP contribution in [0.25, 0.3) is 56.1 Å². The fourth-order valence-corrected chi connectivity index (χ4v) is 9.96. The summed E-state index contributed by atoms with van der Waals surface area (Å²) < 4.78 is 28.2. The summed E-state index contributed by atoms with van der Waals surface area (Å²) >= 11 is 0. The van der Waals surface area contributed by atoms with Gasteiger partial charge >= 0.3 is 0 Å². The first-order chi connectivity index (χ1) is 27.5. The Morgan fingerprint density at radius 3 is 1.46 bits per heavy atom. The van der Waals surface area contributed by atoms with Gasteiger partial charge in [0.15, 0.2) is 17.5 Å². The second-order valence-electron chi connectivity index (χ2n) is 14.0. The molecule has 9 aromatic rings. The van der Waals surface area contributed by atoms with Gasteiger partial charge in [0, 0.05) is 16.7 Å². The SMILES string of the molecule is O=S1(=O)c2ccccc2C(c2ccccc2)(c2ccc(-c3cccc(-c4nc(-c5ccccc5)nc(-c5ccc6ccccc6c5)n4)c3)cc2)c2ccccc21. The van der Waals surface area contributed by atoms with Crippen LogP contribution in [0, 0.1) is 0 Å². The molecule has 0 N–H and O–H groups in total. The average Bonchev–Trinajstić information content (AvgIpc) is 3.27. The number of hydrogen-bond donors (Lipinski definition) is 0. The van der Waals surface area contributed by atoms with Crippen LogP contribution < -0.4 is 0 Å². The van der Waals surface area contributed by atoms with Gasteiger partial charge in [0.25, 0.3) is 0 Å². The van der Waals surface area contributed by atoms with Gasteiger partial charge < -0.3 is 0 Å². The van der Waals surface area contributed by atoms with Crippen molar-refractivity contribution in [3.8, 4) is 45.3 Å². The number of hydrogen-bond acceptors (Lipinski definition) is 5. The molecule has 6 heteroatoms. The van der Waals surface area contributed by atoms with Gasteiger partial charge in [-0.05, 0) is 68.4 Å². The Labute approximate surface area is 325 Å². The molecule has 10 rings (SSSR count). The summed E-state index contributed by atoms with van der Waals surface area (Å²) in [6, 6.07) is 66.4. The van der Waals surface area contributed by atoms with Crippen molar-refractivity contribution in [2.75, 3.05) is 0 Å². The second kappa shape index (κ2) is 13.4. The lowest BCUT2D eigenvalue weighted by atomic mass is 9.64. The monoisotopic (exact) mass is 739 g/mol. The number of rotatable bonds is 6. The van der Waals surface area contributed by atoms with E-state index in [4.69, 9.17) is 15.0 Å². The summed E-state index contributed by atoms with van der Waals surface area (Å²) in [7, 11) is -3.74. The fraction of sp³-hybridized carbons (Fsp3) is 0.0200. The molecule has 0 amide bonds. The maximum atomic E-state index is 14.1. The van der Waals surface area contributed by atoms with Crippen molar-refractivity contribution in [3.63, 3.8) is 0 Å². The van der Waals surface area contributed by atoms with Gasteiger partial charge in [-0.15, -0.1) is 0 Å². The Bertz CT molecular complexity index is 2980. The van der Waals surface area contributed by atoms with Crippen LogP contribution in [0.4, 0.5) is 0 Å². The first kappa shape index (κ1) is 33.5. The maximum absolute atomic E-state index is 14.1. The molecule has 0 unspecified atom stereocenters. The first-order valence-electron chi connectivity index (χ1n) is 18.5. The van der Waals surface area contributed by atoms with Crippen molar-refractivity contribution in [1.82, 2.24) is 15.0 Å². The lowest BCUT2D eigenvalue weighted by Crippen LogP contribution is -2.37. The van der Waals surface area contributed by atoms with Gasteiger partial charge in [0.1, 0.15) is 0 Å². The smallest absolute Gasteiger partial charge is 0.207 e. The number of aromatic nitrogens is 3. The number of sulfone groups is 1. The molecule has 0 radical (unpaired) electrons. The topological polar surface area (TPSA) is 72.8 Å². The number of nitrogens with zero attached hydrogens (tertiary/aromatic N) is 3. The lowest BCUT2D eigenvalue weighted by molar-refractivity contribution is 0.579. The lowest BCUT2D eigenvalue weighted by Gasteiger charge is -2.41. The van der Waals surface area contributed by atoms with Crippen LogP contribution in [0.1, 0.15) is 22.3 Å². The molecule has 0 fully saturated rings. The van der Waals surface area contributed by atoms with E-state index in [2.05, 4.69) is 78.9 Å². The van der Waals surface area contributed by atoms with Crippen LogP contribution in [0.15, 0.2) is 210 Å². The van der Waals surface area contributed by atoms with E-state index >= 15 is 0 Å². The van der Waals surface area contributed by atoms with Crippen LogP contribution in [0.5, 0.6) is 0 Å². The van der Waals surface area contributed by atoms with Gasteiger partial charge in [-0.25, -0.2) is 23.4 Å². The zero-order valence-electron chi connectivity index (χ0n) is 30.1. The molecule has 8 aromatic carbocycles. The zero-order valence-corrected chi connectivity index (χ0v) is 30.9. The van der Waals surface area contributed by atoms with Crippen LogP contribution in [-0.2, 0) is 15.3 Å². The summed E-state index contributed by atoms with van der Waals surface area (Å²) in [5.41, 5.74) is 7.31. The van der Waals surface area contributed by atoms with E-state index in [9.17, 15) is 8.42 Å². The average molecular weight is 740 g/mol. The highest BCUT2D eigenvalue weighted by molar-refractivity contribution is 7.91. The number of benzene rings is 8. The fourth-order valence-electron chi connectivity index (χ4n) is 8.19. The minimum atomic E-state index is -3.74. The van der Waals surface area contributed by atoms with Crippen molar-refractivity contribution < 1.29 is 8.42 Å². The highest BCUT2D eigenvalue weighted by Crippen LogP contribution is 2.53. The van der Waals surface area contributed by atoms with Crippen LogP contribution in [0.3, 0.4) is 0 Å². The van der Waals surface area contributed by atoms with Gasteiger partial charge in [0.05, 0.1) is 15.2 Å². The Morgan fingerprint density at radius 2 is 0.804 bits per heavy atom. The highest BCUT2D eigenvalue weighted by Gasteiger charge is 2.48. The molecule has 266 valence electrons. The first-order valence-corrected chi connectivity index (χ1v) is 20.0. The van der Waals surface area contributed by atoms with Crippen LogP contribution in [-0.4, -0.2) is 23.4 Å². The standard InChI is InChI=1S/C50H33N3O2S/c54-56(55)45-24-11-9-22-43(45)50(41-20-5-2-6-21-41,44-23-10-12-25-46(44)56)42-30-28-35(29-31-42)38-18-13-19-39(32-38)48-51-47(36-15-3-1-4-16-36)52-49(53-48)40-27-26-34-14-7-8-17-37(34)33-40/h1-33H. The minimum absolute atomic E-state index is 0.328. The highest BCUT2D eigenvalue weighted by atomic mass is 32.2. The summed E-state index contributed by atoms with van der Waals surface area (Å²) in [5, 5.41) is 2.28. The Hall–Kier alpha value is -7.02. The maximum Gasteiger partial charge on any atom is 0.207 e. The molecule has 0 saturated heterocycles. The largest absolute Gasteiger partial charge is 0.218 e. The summed E-state index contributed by atoms with van der Waals surface area (Å²) in [5.74, 6) is 1.80. The predicted octanol–water partition coefficient (Wildman–Crippen LogP) is 11.2. The van der Waals surface area contributed by atoms with Crippen LogP contribution >= 0.6 is 0 Å². The number of fused-ring (bicyclic) bond motifs is 3. The summed E-state index contributed by atoms with van der Waals surface area (Å²) in [6.45, 7) is 0. The molecular formula is C50H33N3O2S. The van der Waals surface area contributed by atoms with E-state index in [1.54, 1.807) is 24.3 Å². The molecule has 56 heavy (non-hydrogen) atoms. The molecule has 2 heterocycles. The zero-order chi connectivity index (χ0) is 37.7. The summed E-state index contributed by atoms with van der Waals surface area (Å²) in [6.07, 6.45) is 0. The normalized spacial score (nSPS) is 13.8. The molecule has 0 saturated carbocycles. The third-order valence-electron chi connectivity index (χ3n) is 10.8. The van der Waals surface area contributed by atoms with E-state index in [1.165, 1.54) is 0 Å². The molecule has 5 nitrogen and oxygen atoms in total. The minimum Gasteiger partial charge on any atom is -0.218 e. The molecule has 0 atom stereocenters. The van der Waals surface area contributed by atoms with Crippen molar-refractivity contribution >= 4 is 20.6 Å². The van der Waals surface area contributed by atoms with Gasteiger partial charge in [0.2, 0.25) is 9.84 Å². The third-order valence-corrected chi connectivity index (χ3v) is 12.7. The second-order valence-corrected chi connectivity index (χ2v) is 15.9. The summed E-state index contributed by atoms with van der Waals surface area (Å²) in [4.78, 5) is 15.6. The van der Waals surface area contributed by atoms with Gasteiger partial charge in [-0.2, -0.15) is 0 Å². The molecule has 1 aromatic heterocycles. The van der Waals surface area contributed by atoms with Crippen LogP contribution in [0.2, 0.25) is 0 Å². The molecule has 0 bridgehead atoms. The Balaban J connectivity index is 1.10. The van der Waals surface area contributed by atoms with Crippen molar-refractivity contribution in [1.29, 1.82) is 0 Å². The molecular weight excluding hydrogens is 707 g/mol. The van der Waals surface area contributed by atoms with Gasteiger partial charge in [-0.3, -0.25) is 0 Å². The molecule has 1 aliphatic rings. The van der Waals surface area contributed by atoms with Crippen molar-refractivity contribution in [3.05, 3.63) is 222 Å². The molecule has 0 spiro atoms. The predicted molar refractivity (Wildman–Crippen MR) is 223 cm³/mol.